The minimum atomic E-state index is -5.31. The smallest absolute Gasteiger partial charge is 0.425 e. The predicted octanol–water partition coefficient (Wildman–Crippen LogP) is 3.74. The molecule has 1 aromatic rings. The molecule has 1 saturated carbocycles. The van der Waals surface area contributed by atoms with Crippen LogP contribution in [0.2, 0.25) is 0 Å². The summed E-state index contributed by atoms with van der Waals surface area (Å²) in [5, 5.41) is 1.87. The molecule has 0 aromatic heterocycles. The Labute approximate surface area is 189 Å². The van der Waals surface area contributed by atoms with Gasteiger partial charge in [0.2, 0.25) is 0 Å². The van der Waals surface area contributed by atoms with Gasteiger partial charge in [0.05, 0.1) is 19.3 Å². The largest absolute Gasteiger partial charge is 0.496 e. The summed E-state index contributed by atoms with van der Waals surface area (Å²) in [6, 6.07) is 5.19. The zero-order chi connectivity index (χ0) is 24.4. The molecule has 0 spiro atoms. The van der Waals surface area contributed by atoms with E-state index in [1.165, 1.54) is 39.2 Å². The third-order valence-electron chi connectivity index (χ3n) is 6.13. The van der Waals surface area contributed by atoms with Gasteiger partial charge >= 0.3 is 12.1 Å². The molecule has 1 aromatic carbocycles. The van der Waals surface area contributed by atoms with Gasteiger partial charge in [-0.05, 0) is 38.8 Å². The number of ether oxygens (including phenoxy) is 2. The number of nitrogens with zero attached hydrogens (tertiary/aromatic N) is 1. The molecule has 10 heteroatoms. The monoisotopic (exact) mass is 468 g/mol. The van der Waals surface area contributed by atoms with Gasteiger partial charge in [0.15, 0.2) is 0 Å². The summed E-state index contributed by atoms with van der Waals surface area (Å²) in [5.74, 6) is -3.86. The molecule has 1 N–H and O–H groups in total. The van der Waals surface area contributed by atoms with Crippen LogP contribution in [0.3, 0.4) is 0 Å². The summed E-state index contributed by atoms with van der Waals surface area (Å²) in [4.78, 5) is 40.4. The molecule has 1 aliphatic heterocycles. The number of esters is 1. The second-order valence-electron chi connectivity index (χ2n) is 8.05. The first kappa shape index (κ1) is 24.6. The van der Waals surface area contributed by atoms with E-state index in [0.717, 1.165) is 24.2 Å². The molecular formula is C23H27F3N2O5. The summed E-state index contributed by atoms with van der Waals surface area (Å²) < 4.78 is 54.3. The van der Waals surface area contributed by atoms with Gasteiger partial charge in [0, 0.05) is 11.7 Å². The van der Waals surface area contributed by atoms with E-state index < -0.39 is 41.1 Å². The number of para-hydroxylation sites is 1. The number of allylic oxidation sites excluding steroid dienone is 1. The molecule has 1 heterocycles. The van der Waals surface area contributed by atoms with Crippen molar-refractivity contribution in [2.45, 2.75) is 63.7 Å². The molecule has 180 valence electrons. The van der Waals surface area contributed by atoms with E-state index in [0.29, 0.717) is 12.8 Å². The molecule has 0 radical (unpaired) electrons. The molecule has 0 saturated heterocycles. The average Bonchev–Trinajstić information content (AvgIpc) is 3.01. The second-order valence-corrected chi connectivity index (χ2v) is 8.05. The van der Waals surface area contributed by atoms with Crippen LogP contribution in [0.4, 0.5) is 13.2 Å². The zero-order valence-corrected chi connectivity index (χ0v) is 18.8. The van der Waals surface area contributed by atoms with Crippen molar-refractivity contribution in [3.8, 4) is 5.75 Å². The summed E-state index contributed by atoms with van der Waals surface area (Å²) >= 11 is 0. The molecule has 2 amide bonds. The van der Waals surface area contributed by atoms with Crippen molar-refractivity contribution in [1.29, 1.82) is 0 Å². The molecule has 1 fully saturated rings. The van der Waals surface area contributed by atoms with E-state index in [4.69, 9.17) is 9.47 Å². The van der Waals surface area contributed by atoms with E-state index in [2.05, 4.69) is 0 Å². The minimum Gasteiger partial charge on any atom is -0.496 e. The van der Waals surface area contributed by atoms with Crippen LogP contribution in [0.25, 0.3) is 0 Å². The Hall–Kier alpha value is -3.04. The highest BCUT2D eigenvalue weighted by atomic mass is 19.4. The number of hydrogen-bond acceptors (Lipinski definition) is 5. The Morgan fingerprint density at radius 2 is 1.82 bits per heavy atom. The lowest BCUT2D eigenvalue weighted by Gasteiger charge is -2.36. The Morgan fingerprint density at radius 3 is 2.39 bits per heavy atom. The van der Waals surface area contributed by atoms with Crippen molar-refractivity contribution in [2.75, 3.05) is 13.7 Å². The standard InChI is InChI=1S/C23H27F3N2O5/c1-4-33-20(30)18-14(2)28(15-10-6-5-7-11-15)21(31)22(18,23(24,25)26)27-19(29)16-12-8-9-13-17(16)32-3/h8-9,12-13,15H,4-7,10-11H2,1-3H3,(H,27,29)/t22-/m0/s1. The minimum absolute atomic E-state index is 0.0280. The van der Waals surface area contributed by atoms with Crippen molar-refractivity contribution >= 4 is 17.8 Å². The first-order valence-electron chi connectivity index (χ1n) is 10.8. The highest BCUT2D eigenvalue weighted by Crippen LogP contribution is 2.47. The fourth-order valence-corrected chi connectivity index (χ4v) is 4.63. The molecule has 33 heavy (non-hydrogen) atoms. The van der Waals surface area contributed by atoms with E-state index >= 15 is 0 Å². The number of halogens is 3. The van der Waals surface area contributed by atoms with E-state index in [9.17, 15) is 27.6 Å². The summed E-state index contributed by atoms with van der Waals surface area (Å²) in [7, 11) is 1.27. The Kier molecular flexibility index (Phi) is 7.04. The van der Waals surface area contributed by atoms with Crippen LogP contribution in [-0.4, -0.2) is 54.2 Å². The van der Waals surface area contributed by atoms with Gasteiger partial charge in [-0.25, -0.2) is 4.79 Å². The fourth-order valence-electron chi connectivity index (χ4n) is 4.63. The van der Waals surface area contributed by atoms with Crippen LogP contribution in [0.5, 0.6) is 5.75 Å². The van der Waals surface area contributed by atoms with Crippen LogP contribution in [0.1, 0.15) is 56.3 Å². The van der Waals surface area contributed by atoms with Crippen molar-refractivity contribution < 1.29 is 37.0 Å². The zero-order valence-electron chi connectivity index (χ0n) is 18.8. The van der Waals surface area contributed by atoms with Crippen LogP contribution in [0.15, 0.2) is 35.5 Å². The maximum atomic E-state index is 14.8. The number of carbonyl (C=O) groups is 3. The number of hydrogen-bond donors (Lipinski definition) is 1. The number of carbonyl (C=O) groups excluding carboxylic acids is 3. The Balaban J connectivity index is 2.17. The summed E-state index contributed by atoms with van der Waals surface area (Å²) in [6.45, 7) is 2.55. The topological polar surface area (TPSA) is 84.9 Å². The molecule has 2 aliphatic rings. The van der Waals surface area contributed by atoms with E-state index in [1.54, 1.807) is 6.07 Å². The van der Waals surface area contributed by atoms with Crippen LogP contribution in [-0.2, 0) is 14.3 Å². The predicted molar refractivity (Wildman–Crippen MR) is 112 cm³/mol. The molecule has 3 rings (SSSR count). The maximum absolute atomic E-state index is 14.8. The molecule has 1 atom stereocenters. The van der Waals surface area contributed by atoms with Gasteiger partial charge in [-0.15, -0.1) is 0 Å². The van der Waals surface area contributed by atoms with Crippen LogP contribution < -0.4 is 10.1 Å². The van der Waals surface area contributed by atoms with Crippen molar-refractivity contribution in [3.05, 3.63) is 41.1 Å². The number of rotatable bonds is 6. The lowest BCUT2D eigenvalue weighted by Crippen LogP contribution is -2.66. The highest BCUT2D eigenvalue weighted by molar-refractivity contribution is 6.12. The summed E-state index contributed by atoms with van der Waals surface area (Å²) in [5.41, 5.74) is -4.83. The van der Waals surface area contributed by atoms with Crippen LogP contribution in [0, 0.1) is 0 Å². The first-order valence-corrected chi connectivity index (χ1v) is 10.8. The SMILES string of the molecule is CCOC(=O)C1=C(C)N(C2CCCCC2)C(=O)[C@]1(NC(=O)c1ccccc1OC)C(F)(F)F. The average molecular weight is 468 g/mol. The van der Waals surface area contributed by atoms with Gasteiger partial charge in [-0.3, -0.25) is 9.59 Å². The van der Waals surface area contributed by atoms with Crippen LogP contribution >= 0.6 is 0 Å². The van der Waals surface area contributed by atoms with Crippen molar-refractivity contribution in [1.82, 2.24) is 10.2 Å². The van der Waals surface area contributed by atoms with Crippen molar-refractivity contribution in [3.63, 3.8) is 0 Å². The quantitative estimate of drug-likeness (QED) is 0.643. The molecule has 7 nitrogen and oxygen atoms in total. The van der Waals surface area contributed by atoms with Gasteiger partial charge < -0.3 is 19.7 Å². The third kappa shape index (κ3) is 4.18. The lowest BCUT2D eigenvalue weighted by molar-refractivity contribution is -0.193. The van der Waals surface area contributed by atoms with Gasteiger partial charge in [0.25, 0.3) is 17.4 Å². The normalized spacial score (nSPS) is 21.9. The number of alkyl halides is 3. The summed E-state index contributed by atoms with van der Waals surface area (Å²) in [6.07, 6.45) is -1.87. The highest BCUT2D eigenvalue weighted by Gasteiger charge is 2.71. The van der Waals surface area contributed by atoms with E-state index in [1.807, 2.05) is 5.32 Å². The second kappa shape index (κ2) is 9.44. The van der Waals surface area contributed by atoms with E-state index in [-0.39, 0.29) is 23.6 Å². The maximum Gasteiger partial charge on any atom is 0.425 e. The number of benzene rings is 1. The lowest BCUT2D eigenvalue weighted by atomic mass is 9.88. The fraction of sp³-hybridized carbons (Fsp3) is 0.522. The molecule has 0 unspecified atom stereocenters. The van der Waals surface area contributed by atoms with Gasteiger partial charge in [0.1, 0.15) is 11.3 Å². The Bertz CT molecular complexity index is 969. The first-order chi connectivity index (χ1) is 15.6. The number of methoxy groups -OCH3 is 1. The van der Waals surface area contributed by atoms with Crippen molar-refractivity contribution in [2.24, 2.45) is 0 Å². The van der Waals surface area contributed by atoms with Gasteiger partial charge in [-0.2, -0.15) is 13.2 Å². The molecular weight excluding hydrogens is 441 g/mol. The van der Waals surface area contributed by atoms with Gasteiger partial charge in [-0.1, -0.05) is 31.4 Å². The Morgan fingerprint density at radius 1 is 1.18 bits per heavy atom. The molecule has 1 aliphatic carbocycles. The molecule has 0 bridgehead atoms. The number of amides is 2. The number of nitrogens with one attached hydrogen (secondary N) is 1. The third-order valence-corrected chi connectivity index (χ3v) is 6.13.